The fourth-order valence-electron chi connectivity index (χ4n) is 3.35. The lowest BCUT2D eigenvalue weighted by atomic mass is 10.0. The van der Waals surface area contributed by atoms with E-state index in [0.717, 1.165) is 16.0 Å². The van der Waals surface area contributed by atoms with Crippen LogP contribution in [0.1, 0.15) is 48.6 Å². The van der Waals surface area contributed by atoms with Crippen LogP contribution in [0.2, 0.25) is 10.0 Å². The number of hydrogen-bond donors (Lipinski definition) is 0. The van der Waals surface area contributed by atoms with Gasteiger partial charge in [0.15, 0.2) is 12.4 Å². The topological polar surface area (TPSA) is 80.8 Å². The molecule has 32 heavy (non-hydrogen) atoms. The van der Waals surface area contributed by atoms with Crippen LogP contribution in [0.15, 0.2) is 30.3 Å². The first-order valence-electron chi connectivity index (χ1n) is 9.78. The number of thioether (sulfide) groups is 1. The van der Waals surface area contributed by atoms with Crippen molar-refractivity contribution in [2.45, 2.75) is 26.3 Å². The van der Waals surface area contributed by atoms with Crippen LogP contribution in [0.3, 0.4) is 0 Å². The summed E-state index contributed by atoms with van der Waals surface area (Å²) in [5, 5.41) is 0.270. The first-order valence-corrected chi connectivity index (χ1v) is 11.9. The van der Waals surface area contributed by atoms with Crippen molar-refractivity contribution in [2.24, 2.45) is 0 Å². The molecule has 0 unspecified atom stereocenters. The molecule has 0 aromatic heterocycles. The molecule has 2 aromatic carbocycles. The lowest BCUT2D eigenvalue weighted by Gasteiger charge is -2.24. The number of Topliss-reactive ketones (excluding diaryl/α,β-unsaturated/α-hetero) is 1. The molecular weight excluding hydrogens is 473 g/mol. The molecule has 0 fully saturated rings. The Morgan fingerprint density at radius 3 is 2.12 bits per heavy atom. The van der Waals surface area contributed by atoms with Crippen molar-refractivity contribution in [3.8, 4) is 0 Å². The third-order valence-electron chi connectivity index (χ3n) is 5.31. The van der Waals surface area contributed by atoms with E-state index >= 15 is 0 Å². The number of benzene rings is 2. The Kier molecular flexibility index (Phi) is 7.64. The predicted molar refractivity (Wildman–Crippen MR) is 125 cm³/mol. The van der Waals surface area contributed by atoms with E-state index in [0.29, 0.717) is 11.3 Å². The summed E-state index contributed by atoms with van der Waals surface area (Å²) in [5.74, 6) is -1.98. The maximum Gasteiger partial charge on any atom is 0.329 e. The number of aryl methyl sites for hydroxylation is 2. The summed E-state index contributed by atoms with van der Waals surface area (Å²) in [5.41, 5.74) is 2.58. The number of ketones is 1. The fraction of sp³-hybridized carbons (Fsp3) is 0.304. The molecule has 0 saturated heterocycles. The van der Waals surface area contributed by atoms with Crippen molar-refractivity contribution >= 4 is 58.5 Å². The zero-order valence-corrected chi connectivity index (χ0v) is 20.1. The van der Waals surface area contributed by atoms with Crippen molar-refractivity contribution in [3.63, 3.8) is 0 Å². The van der Waals surface area contributed by atoms with Crippen molar-refractivity contribution < 1.29 is 23.9 Å². The van der Waals surface area contributed by atoms with Gasteiger partial charge in [0, 0.05) is 5.56 Å². The number of halogens is 2. The number of nitrogens with zero attached hydrogens (tertiary/aromatic N) is 1. The second-order valence-corrected chi connectivity index (χ2v) is 9.22. The van der Waals surface area contributed by atoms with Gasteiger partial charge < -0.3 is 4.74 Å². The molecule has 1 aliphatic rings. The van der Waals surface area contributed by atoms with Crippen molar-refractivity contribution in [2.75, 3.05) is 18.6 Å². The molecule has 0 aliphatic carbocycles. The molecule has 1 atom stereocenters. The Hall–Kier alpha value is -2.35. The quantitative estimate of drug-likeness (QED) is 0.299. The van der Waals surface area contributed by atoms with Crippen molar-refractivity contribution in [1.82, 2.24) is 4.90 Å². The van der Waals surface area contributed by atoms with Gasteiger partial charge in [0.25, 0.3) is 11.8 Å². The molecule has 2 amide bonds. The first kappa shape index (κ1) is 24.3. The Labute approximate surface area is 200 Å². The number of carbonyl (C=O) groups excluding carboxylic acids is 4. The molecule has 168 valence electrons. The van der Waals surface area contributed by atoms with Crippen LogP contribution in [0.5, 0.6) is 0 Å². The number of rotatable bonds is 8. The number of hydrogen-bond acceptors (Lipinski definition) is 6. The van der Waals surface area contributed by atoms with Gasteiger partial charge in [-0.3, -0.25) is 19.3 Å². The highest BCUT2D eigenvalue weighted by Gasteiger charge is 2.43. The van der Waals surface area contributed by atoms with Crippen molar-refractivity contribution in [3.05, 3.63) is 68.2 Å². The van der Waals surface area contributed by atoms with Gasteiger partial charge in [-0.2, -0.15) is 11.8 Å². The maximum atomic E-state index is 12.9. The average molecular weight is 494 g/mol. The monoisotopic (exact) mass is 493 g/mol. The summed E-state index contributed by atoms with van der Waals surface area (Å²) in [7, 11) is 0. The van der Waals surface area contributed by atoms with E-state index in [2.05, 4.69) is 0 Å². The van der Waals surface area contributed by atoms with E-state index < -0.39 is 30.4 Å². The lowest BCUT2D eigenvalue weighted by Crippen LogP contribution is -2.46. The Morgan fingerprint density at radius 1 is 1.00 bits per heavy atom. The van der Waals surface area contributed by atoms with E-state index in [9.17, 15) is 19.2 Å². The summed E-state index contributed by atoms with van der Waals surface area (Å²) >= 11 is 13.4. The minimum Gasteiger partial charge on any atom is -0.456 e. The van der Waals surface area contributed by atoms with E-state index in [1.807, 2.05) is 26.2 Å². The number of esters is 1. The van der Waals surface area contributed by atoms with Gasteiger partial charge in [-0.05, 0) is 61.6 Å². The summed E-state index contributed by atoms with van der Waals surface area (Å²) in [4.78, 5) is 52.1. The molecule has 2 aromatic rings. The van der Waals surface area contributed by atoms with Gasteiger partial charge in [0.2, 0.25) is 0 Å². The third kappa shape index (κ3) is 4.85. The third-order valence-corrected chi connectivity index (χ3v) is 6.68. The molecule has 6 nitrogen and oxygen atoms in total. The Bertz CT molecular complexity index is 1080. The van der Waals surface area contributed by atoms with Crippen LogP contribution in [-0.2, 0) is 9.53 Å². The van der Waals surface area contributed by atoms with Crippen LogP contribution in [0.4, 0.5) is 0 Å². The minimum atomic E-state index is -1.17. The zero-order valence-electron chi connectivity index (χ0n) is 17.7. The number of amides is 2. The standard InChI is InChI=1S/C23H21Cl2NO5S/c1-12-4-5-14(8-13(12)2)20(27)11-31-23(30)19(6-7-32-3)26-21(28)15-9-17(24)18(25)10-16(15)22(26)29/h4-5,8-10,19H,6-7,11H2,1-3H3/t19-/m1/s1. The minimum absolute atomic E-state index is 0.0811. The van der Waals surface area contributed by atoms with Crippen LogP contribution in [0.25, 0.3) is 0 Å². The van der Waals surface area contributed by atoms with Crippen LogP contribution in [-0.4, -0.2) is 53.1 Å². The van der Waals surface area contributed by atoms with Gasteiger partial charge in [-0.15, -0.1) is 0 Å². The Balaban J connectivity index is 1.79. The van der Waals surface area contributed by atoms with Crippen molar-refractivity contribution in [1.29, 1.82) is 0 Å². The van der Waals surface area contributed by atoms with E-state index in [-0.39, 0.29) is 33.4 Å². The van der Waals surface area contributed by atoms with Crippen LogP contribution >= 0.6 is 35.0 Å². The number of fused-ring (bicyclic) bond motifs is 1. The highest BCUT2D eigenvalue weighted by Crippen LogP contribution is 2.33. The summed E-state index contributed by atoms with van der Waals surface area (Å²) in [6.07, 6.45) is 2.03. The van der Waals surface area contributed by atoms with Gasteiger partial charge in [0.1, 0.15) is 6.04 Å². The second kappa shape index (κ2) is 10.1. The first-order chi connectivity index (χ1) is 15.1. The molecule has 0 N–H and O–H groups in total. The van der Waals surface area contributed by atoms with E-state index in [1.165, 1.54) is 23.9 Å². The largest absolute Gasteiger partial charge is 0.456 e. The second-order valence-electron chi connectivity index (χ2n) is 7.42. The fourth-order valence-corrected chi connectivity index (χ4v) is 4.13. The zero-order chi connectivity index (χ0) is 23.6. The number of imide groups is 1. The maximum absolute atomic E-state index is 12.9. The van der Waals surface area contributed by atoms with E-state index in [4.69, 9.17) is 27.9 Å². The van der Waals surface area contributed by atoms with Gasteiger partial charge in [-0.25, -0.2) is 4.79 Å². The van der Waals surface area contributed by atoms with Gasteiger partial charge >= 0.3 is 5.97 Å². The molecule has 0 bridgehead atoms. The van der Waals surface area contributed by atoms with Crippen LogP contribution < -0.4 is 0 Å². The van der Waals surface area contributed by atoms with Gasteiger partial charge in [-0.1, -0.05) is 35.3 Å². The number of ether oxygens (including phenoxy) is 1. The lowest BCUT2D eigenvalue weighted by molar-refractivity contribution is -0.147. The summed E-state index contributed by atoms with van der Waals surface area (Å²) < 4.78 is 5.25. The average Bonchev–Trinajstić information content (AvgIpc) is 2.99. The predicted octanol–water partition coefficient (Wildman–Crippen LogP) is 4.75. The Morgan fingerprint density at radius 2 is 1.59 bits per heavy atom. The molecule has 3 rings (SSSR count). The normalized spacial score (nSPS) is 13.8. The smallest absolute Gasteiger partial charge is 0.329 e. The summed E-state index contributed by atoms with van der Waals surface area (Å²) in [6, 6.07) is 6.69. The molecule has 1 heterocycles. The van der Waals surface area contributed by atoms with Crippen LogP contribution in [0, 0.1) is 13.8 Å². The molecule has 0 saturated carbocycles. The SMILES string of the molecule is CSCC[C@H](C(=O)OCC(=O)c1ccc(C)c(C)c1)N1C(=O)c2cc(Cl)c(Cl)cc2C1=O. The van der Waals surface area contributed by atoms with E-state index in [1.54, 1.807) is 12.1 Å². The highest BCUT2D eigenvalue weighted by atomic mass is 35.5. The molecule has 0 spiro atoms. The number of carbonyl (C=O) groups is 4. The molecular formula is C23H21Cl2NO5S. The van der Waals surface area contributed by atoms with Gasteiger partial charge in [0.05, 0.1) is 21.2 Å². The summed E-state index contributed by atoms with van der Waals surface area (Å²) in [6.45, 7) is 3.33. The molecule has 0 radical (unpaired) electrons. The highest BCUT2D eigenvalue weighted by molar-refractivity contribution is 7.98. The molecule has 9 heteroatoms. The molecule has 1 aliphatic heterocycles.